The van der Waals surface area contributed by atoms with Crippen molar-refractivity contribution < 1.29 is 19.2 Å². The van der Waals surface area contributed by atoms with Crippen LogP contribution in [0.15, 0.2) is 4.52 Å². The molecule has 1 rings (SSSR count). The Hall–Kier alpha value is -2.12. The zero-order chi connectivity index (χ0) is 15.5. The van der Waals surface area contributed by atoms with Crippen molar-refractivity contribution in [3.05, 3.63) is 11.7 Å². The number of nitrogens with one attached hydrogen (secondary N) is 2. The molecule has 0 aliphatic carbocycles. The van der Waals surface area contributed by atoms with E-state index < -0.39 is 5.97 Å². The van der Waals surface area contributed by atoms with Crippen LogP contribution in [-0.4, -0.2) is 40.3 Å². The molecule has 0 radical (unpaired) electrons. The van der Waals surface area contributed by atoms with E-state index in [0.717, 1.165) is 19.3 Å². The molecule has 8 heteroatoms. The maximum absolute atomic E-state index is 11.5. The molecule has 21 heavy (non-hydrogen) atoms. The van der Waals surface area contributed by atoms with Crippen molar-refractivity contribution in [2.75, 3.05) is 13.1 Å². The third kappa shape index (κ3) is 8.61. The summed E-state index contributed by atoms with van der Waals surface area (Å²) >= 11 is 0. The molecule has 1 aromatic heterocycles. The van der Waals surface area contributed by atoms with Crippen LogP contribution < -0.4 is 10.6 Å². The Morgan fingerprint density at radius 3 is 2.52 bits per heavy atom. The van der Waals surface area contributed by atoms with E-state index in [1.54, 1.807) is 6.92 Å². The van der Waals surface area contributed by atoms with Gasteiger partial charge in [-0.2, -0.15) is 4.98 Å². The Balaban J connectivity index is 1.93. The number of rotatable bonds is 10. The van der Waals surface area contributed by atoms with E-state index in [9.17, 15) is 9.59 Å². The van der Waals surface area contributed by atoms with Crippen molar-refractivity contribution in [1.82, 2.24) is 20.8 Å². The van der Waals surface area contributed by atoms with Gasteiger partial charge in [-0.1, -0.05) is 18.0 Å². The molecule has 3 N–H and O–H groups in total. The molecule has 1 heterocycles. The lowest BCUT2D eigenvalue weighted by Crippen LogP contribution is -2.37. The predicted molar refractivity (Wildman–Crippen MR) is 74.9 cm³/mol. The molecule has 0 saturated heterocycles. The van der Waals surface area contributed by atoms with Crippen LogP contribution >= 0.6 is 0 Å². The summed E-state index contributed by atoms with van der Waals surface area (Å²) < 4.78 is 4.92. The molecule has 0 bridgehead atoms. The SMILES string of the molecule is Cc1noc(CCNC(=O)NCCCCCCC(=O)O)n1. The van der Waals surface area contributed by atoms with Crippen LogP contribution in [0.1, 0.15) is 43.8 Å². The molecule has 1 aromatic rings. The highest BCUT2D eigenvalue weighted by Crippen LogP contribution is 2.02. The number of nitrogens with zero attached hydrogens (tertiary/aromatic N) is 2. The first-order valence-electron chi connectivity index (χ1n) is 7.10. The number of carbonyl (C=O) groups is 2. The number of hydrogen-bond donors (Lipinski definition) is 3. The number of carboxylic acid groups (broad SMARTS) is 1. The van der Waals surface area contributed by atoms with Crippen molar-refractivity contribution in [2.45, 2.75) is 45.4 Å². The second kappa shape index (κ2) is 9.73. The third-order valence-corrected chi connectivity index (χ3v) is 2.80. The number of carboxylic acids is 1. The number of urea groups is 1. The molecule has 0 aliphatic heterocycles. The highest BCUT2D eigenvalue weighted by molar-refractivity contribution is 5.73. The smallest absolute Gasteiger partial charge is 0.314 e. The molecule has 8 nitrogen and oxygen atoms in total. The van der Waals surface area contributed by atoms with Crippen LogP contribution in [0.5, 0.6) is 0 Å². The Kier molecular flexibility index (Phi) is 7.85. The van der Waals surface area contributed by atoms with Crippen molar-refractivity contribution in [3.63, 3.8) is 0 Å². The van der Waals surface area contributed by atoms with E-state index in [-0.39, 0.29) is 12.5 Å². The molecule has 0 aliphatic rings. The molecule has 0 aromatic carbocycles. The van der Waals surface area contributed by atoms with Gasteiger partial charge in [0.2, 0.25) is 5.89 Å². The Morgan fingerprint density at radius 2 is 1.86 bits per heavy atom. The Labute approximate surface area is 123 Å². The van der Waals surface area contributed by atoms with Gasteiger partial charge in [-0.15, -0.1) is 0 Å². The maximum Gasteiger partial charge on any atom is 0.314 e. The highest BCUT2D eigenvalue weighted by Gasteiger charge is 2.04. The van der Waals surface area contributed by atoms with E-state index in [1.807, 2.05) is 0 Å². The van der Waals surface area contributed by atoms with Crippen LogP contribution in [0.25, 0.3) is 0 Å². The fourth-order valence-electron chi connectivity index (χ4n) is 1.74. The Morgan fingerprint density at radius 1 is 1.14 bits per heavy atom. The second-order valence-corrected chi connectivity index (χ2v) is 4.73. The maximum atomic E-state index is 11.5. The fourth-order valence-corrected chi connectivity index (χ4v) is 1.74. The van der Waals surface area contributed by atoms with Gasteiger partial charge in [0, 0.05) is 25.9 Å². The molecule has 0 spiro atoms. The summed E-state index contributed by atoms with van der Waals surface area (Å²) in [7, 11) is 0. The fraction of sp³-hybridized carbons (Fsp3) is 0.692. The van der Waals surface area contributed by atoms with Crippen molar-refractivity contribution in [1.29, 1.82) is 0 Å². The van der Waals surface area contributed by atoms with E-state index >= 15 is 0 Å². The van der Waals surface area contributed by atoms with Gasteiger partial charge in [0.25, 0.3) is 0 Å². The number of aromatic nitrogens is 2. The number of aryl methyl sites for hydroxylation is 1. The molecule has 118 valence electrons. The summed E-state index contributed by atoms with van der Waals surface area (Å²) in [6.07, 6.45) is 4.02. The van der Waals surface area contributed by atoms with Gasteiger partial charge in [0.15, 0.2) is 5.82 Å². The van der Waals surface area contributed by atoms with Crippen molar-refractivity contribution >= 4 is 12.0 Å². The van der Waals surface area contributed by atoms with Gasteiger partial charge in [0.1, 0.15) is 0 Å². The number of unbranched alkanes of at least 4 members (excludes halogenated alkanes) is 3. The summed E-state index contributed by atoms with van der Waals surface area (Å²) in [5, 5.41) is 17.6. The summed E-state index contributed by atoms with van der Waals surface area (Å²) in [4.78, 5) is 25.8. The zero-order valence-electron chi connectivity index (χ0n) is 12.2. The summed E-state index contributed by atoms with van der Waals surface area (Å²) in [6, 6.07) is -0.225. The Bertz CT molecular complexity index is 447. The first-order chi connectivity index (χ1) is 10.1. The number of amides is 2. The van der Waals surface area contributed by atoms with Crippen molar-refractivity contribution in [2.24, 2.45) is 0 Å². The monoisotopic (exact) mass is 298 g/mol. The first kappa shape index (κ1) is 16.9. The lowest BCUT2D eigenvalue weighted by Gasteiger charge is -2.06. The largest absolute Gasteiger partial charge is 0.481 e. The van der Waals surface area contributed by atoms with Gasteiger partial charge >= 0.3 is 12.0 Å². The molecule has 0 saturated carbocycles. The minimum atomic E-state index is -0.760. The quantitative estimate of drug-likeness (QED) is 0.560. The third-order valence-electron chi connectivity index (χ3n) is 2.80. The van der Waals surface area contributed by atoms with Gasteiger partial charge in [-0.3, -0.25) is 4.79 Å². The van der Waals surface area contributed by atoms with Gasteiger partial charge in [-0.25, -0.2) is 4.79 Å². The minimum Gasteiger partial charge on any atom is -0.481 e. The molecule has 0 unspecified atom stereocenters. The number of hydrogen-bond acceptors (Lipinski definition) is 5. The van der Waals surface area contributed by atoms with E-state index in [0.29, 0.717) is 37.6 Å². The van der Waals surface area contributed by atoms with E-state index in [1.165, 1.54) is 0 Å². The average Bonchev–Trinajstić information content (AvgIpc) is 2.83. The lowest BCUT2D eigenvalue weighted by molar-refractivity contribution is -0.137. The average molecular weight is 298 g/mol. The van der Waals surface area contributed by atoms with Crippen LogP contribution in [0.3, 0.4) is 0 Å². The molecular formula is C13H22N4O4. The highest BCUT2D eigenvalue weighted by atomic mass is 16.5. The van der Waals surface area contributed by atoms with Crippen LogP contribution in [0.4, 0.5) is 4.79 Å². The van der Waals surface area contributed by atoms with E-state index in [2.05, 4.69) is 20.8 Å². The predicted octanol–water partition coefficient (Wildman–Crippen LogP) is 1.25. The standard InChI is InChI=1S/C13H22N4O4/c1-10-16-11(21-17-10)7-9-15-13(20)14-8-5-3-2-4-6-12(18)19/h2-9H2,1H3,(H,18,19)(H2,14,15,20). The minimum absolute atomic E-state index is 0.211. The topological polar surface area (TPSA) is 117 Å². The summed E-state index contributed by atoms with van der Waals surface area (Å²) in [5.74, 6) is 0.326. The van der Waals surface area contributed by atoms with Gasteiger partial charge in [-0.05, 0) is 19.8 Å². The van der Waals surface area contributed by atoms with Gasteiger partial charge < -0.3 is 20.3 Å². The second-order valence-electron chi connectivity index (χ2n) is 4.73. The van der Waals surface area contributed by atoms with E-state index in [4.69, 9.17) is 9.63 Å². The molecule has 0 fully saturated rings. The first-order valence-corrected chi connectivity index (χ1v) is 7.10. The van der Waals surface area contributed by atoms with Crippen molar-refractivity contribution in [3.8, 4) is 0 Å². The van der Waals surface area contributed by atoms with Crippen LogP contribution in [-0.2, 0) is 11.2 Å². The summed E-state index contributed by atoms with van der Waals surface area (Å²) in [6.45, 7) is 2.76. The molecule has 0 atom stereocenters. The normalized spacial score (nSPS) is 10.3. The van der Waals surface area contributed by atoms with Crippen LogP contribution in [0, 0.1) is 6.92 Å². The van der Waals surface area contributed by atoms with Gasteiger partial charge in [0.05, 0.1) is 0 Å². The van der Waals surface area contributed by atoms with Crippen LogP contribution in [0.2, 0.25) is 0 Å². The molecular weight excluding hydrogens is 276 g/mol. The zero-order valence-corrected chi connectivity index (χ0v) is 12.2. The number of carbonyl (C=O) groups excluding carboxylic acids is 1. The molecule has 2 amide bonds. The number of aliphatic carboxylic acids is 1. The summed E-state index contributed by atoms with van der Waals surface area (Å²) in [5.41, 5.74) is 0. The lowest BCUT2D eigenvalue weighted by atomic mass is 10.1.